The third kappa shape index (κ3) is 3.47. The summed E-state index contributed by atoms with van der Waals surface area (Å²) in [5, 5.41) is 4.93. The summed E-state index contributed by atoms with van der Waals surface area (Å²) in [6.07, 6.45) is 11.7. The Morgan fingerprint density at radius 3 is 2.14 bits per heavy atom. The van der Waals surface area contributed by atoms with Crippen molar-refractivity contribution in [2.24, 2.45) is 11.8 Å². The molecule has 0 bridgehead atoms. The Morgan fingerprint density at radius 1 is 0.569 bits per heavy atom. The Bertz CT molecular complexity index is 2990. The van der Waals surface area contributed by atoms with E-state index in [1.54, 1.807) is 0 Å². The van der Waals surface area contributed by atoms with Crippen LogP contribution in [0.3, 0.4) is 0 Å². The molecule has 0 fully saturated rings. The molecule has 6 aromatic carbocycles. The van der Waals surface area contributed by atoms with Gasteiger partial charge in [-0.15, -0.1) is 0 Å². The summed E-state index contributed by atoms with van der Waals surface area (Å²) in [6, 6.07) is 44.9. The van der Waals surface area contributed by atoms with E-state index < -0.39 is 0 Å². The maximum Gasteiger partial charge on any atom is 0.135 e. The highest BCUT2D eigenvalue weighted by Gasteiger charge is 2.41. The summed E-state index contributed by atoms with van der Waals surface area (Å²) in [5.41, 5.74) is 19.1. The SMILES string of the molecule is CC1(C)c2cc3oc4ccccc4c3cc2-c2ccc3c4ccccc4n(-c4ccc(C5=CC=C6c7ccccc7C7=CC=CC5C76)cc4)c3c21. The van der Waals surface area contributed by atoms with Gasteiger partial charge in [-0.2, -0.15) is 0 Å². The van der Waals surface area contributed by atoms with Gasteiger partial charge in [-0.05, 0) is 92.1 Å². The van der Waals surface area contributed by atoms with E-state index in [0.717, 1.165) is 11.2 Å². The van der Waals surface area contributed by atoms with E-state index in [4.69, 9.17) is 4.42 Å². The van der Waals surface area contributed by atoms with Crippen molar-refractivity contribution < 1.29 is 4.42 Å². The van der Waals surface area contributed by atoms with Crippen LogP contribution < -0.4 is 0 Å². The Kier molecular flexibility index (Phi) is 5.19. The molecule has 2 unspecified atom stereocenters. The Labute approximate surface area is 296 Å². The molecule has 2 nitrogen and oxygen atoms in total. The van der Waals surface area contributed by atoms with E-state index in [9.17, 15) is 0 Å². The van der Waals surface area contributed by atoms with Gasteiger partial charge in [0.15, 0.2) is 0 Å². The van der Waals surface area contributed by atoms with Crippen LogP contribution in [0.4, 0.5) is 0 Å². The number of benzene rings is 6. The summed E-state index contributed by atoms with van der Waals surface area (Å²) in [7, 11) is 0. The molecule has 2 aromatic heterocycles. The zero-order chi connectivity index (χ0) is 33.6. The minimum atomic E-state index is -0.224. The topological polar surface area (TPSA) is 18.1 Å². The summed E-state index contributed by atoms with van der Waals surface area (Å²) < 4.78 is 8.92. The molecule has 0 aliphatic heterocycles. The van der Waals surface area contributed by atoms with Gasteiger partial charge in [0.2, 0.25) is 0 Å². The first-order valence-corrected chi connectivity index (χ1v) is 18.1. The number of hydrogen-bond acceptors (Lipinski definition) is 1. The molecule has 4 aliphatic rings. The number of para-hydroxylation sites is 2. The highest BCUT2D eigenvalue weighted by molar-refractivity contribution is 6.14. The van der Waals surface area contributed by atoms with Gasteiger partial charge in [0.25, 0.3) is 0 Å². The van der Waals surface area contributed by atoms with Crippen LogP contribution in [0.15, 0.2) is 156 Å². The zero-order valence-corrected chi connectivity index (χ0v) is 28.4. The standard InChI is InChI=1S/C49H33NO/c1-49(2)42-27-45-41(34-13-6-8-17-44(34)51-45)26-40(42)38-24-25-39-33-12-5-7-16-43(33)50(48(39)47(38)49)29-20-18-28(19-21-29)30-22-23-37-32-11-4-3-10-31(32)36-15-9-14-35(30)46(36)37/h3-27,35,46H,1-2H3. The lowest BCUT2D eigenvalue weighted by Crippen LogP contribution is -2.18. The van der Waals surface area contributed by atoms with Crippen molar-refractivity contribution >= 4 is 60.5 Å². The number of nitrogens with zero attached hydrogens (tertiary/aromatic N) is 1. The molecule has 8 aromatic rings. The van der Waals surface area contributed by atoms with E-state index in [2.05, 4.69) is 164 Å². The highest BCUT2D eigenvalue weighted by atomic mass is 16.3. The first-order chi connectivity index (χ1) is 25.1. The average molecular weight is 652 g/mol. The molecule has 0 N–H and O–H groups in total. The first-order valence-electron chi connectivity index (χ1n) is 18.1. The van der Waals surface area contributed by atoms with Crippen molar-refractivity contribution in [1.82, 2.24) is 4.57 Å². The number of allylic oxidation sites excluding steroid dienone is 8. The second-order valence-electron chi connectivity index (χ2n) is 15.2. The first kappa shape index (κ1) is 27.7. The van der Waals surface area contributed by atoms with Crippen molar-refractivity contribution in [2.45, 2.75) is 19.3 Å². The normalized spacial score (nSPS) is 19.2. The molecule has 0 spiro atoms. The predicted molar refractivity (Wildman–Crippen MR) is 212 cm³/mol. The maximum absolute atomic E-state index is 6.40. The van der Waals surface area contributed by atoms with Crippen LogP contribution in [0.2, 0.25) is 0 Å². The summed E-state index contributed by atoms with van der Waals surface area (Å²) in [4.78, 5) is 0. The molecule has 0 radical (unpaired) electrons. The molecule has 12 rings (SSSR count). The summed E-state index contributed by atoms with van der Waals surface area (Å²) in [6.45, 7) is 4.77. The summed E-state index contributed by atoms with van der Waals surface area (Å²) >= 11 is 0. The van der Waals surface area contributed by atoms with Crippen molar-refractivity contribution in [2.75, 3.05) is 0 Å². The van der Waals surface area contributed by atoms with E-state index in [-0.39, 0.29) is 5.41 Å². The van der Waals surface area contributed by atoms with E-state index in [1.165, 1.54) is 93.9 Å². The van der Waals surface area contributed by atoms with Gasteiger partial charge < -0.3 is 8.98 Å². The third-order valence-electron chi connectivity index (χ3n) is 12.4. The number of hydrogen-bond donors (Lipinski definition) is 0. The van der Waals surface area contributed by atoms with Gasteiger partial charge in [-0.3, -0.25) is 0 Å². The van der Waals surface area contributed by atoms with E-state index >= 15 is 0 Å². The second-order valence-corrected chi connectivity index (χ2v) is 15.2. The van der Waals surface area contributed by atoms with Gasteiger partial charge >= 0.3 is 0 Å². The molecule has 0 amide bonds. The monoisotopic (exact) mass is 651 g/mol. The van der Waals surface area contributed by atoms with Crippen LogP contribution in [0.5, 0.6) is 0 Å². The van der Waals surface area contributed by atoms with Gasteiger partial charge in [-0.25, -0.2) is 0 Å². The van der Waals surface area contributed by atoms with Crippen LogP contribution in [0, 0.1) is 11.8 Å². The lowest BCUT2D eigenvalue weighted by Gasteiger charge is -2.31. The van der Waals surface area contributed by atoms with E-state index in [0.29, 0.717) is 11.8 Å². The lowest BCUT2D eigenvalue weighted by molar-refractivity contribution is 0.649. The van der Waals surface area contributed by atoms with Crippen molar-refractivity contribution in [3.8, 4) is 16.8 Å². The number of fused-ring (bicyclic) bond motifs is 13. The Hall–Kier alpha value is -6.12. The number of furan rings is 1. The summed E-state index contributed by atoms with van der Waals surface area (Å²) in [5.74, 6) is 0.716. The van der Waals surface area contributed by atoms with Gasteiger partial charge in [0.1, 0.15) is 11.2 Å². The fraction of sp³-hybridized carbons (Fsp3) is 0.102. The fourth-order valence-electron chi connectivity index (χ4n) is 10.1. The molecular formula is C49H33NO. The van der Waals surface area contributed by atoms with Gasteiger partial charge in [0, 0.05) is 44.5 Å². The third-order valence-corrected chi connectivity index (χ3v) is 12.4. The molecule has 51 heavy (non-hydrogen) atoms. The minimum Gasteiger partial charge on any atom is -0.456 e. The minimum absolute atomic E-state index is 0.224. The molecule has 2 heterocycles. The van der Waals surface area contributed by atoms with Crippen molar-refractivity contribution in [1.29, 1.82) is 0 Å². The quantitative estimate of drug-likeness (QED) is 0.182. The van der Waals surface area contributed by atoms with Crippen molar-refractivity contribution in [3.05, 3.63) is 180 Å². The van der Waals surface area contributed by atoms with Gasteiger partial charge in [0.05, 0.1) is 11.0 Å². The second kappa shape index (κ2) is 9.56. The molecule has 0 saturated carbocycles. The molecule has 2 atom stereocenters. The average Bonchev–Trinajstić information content (AvgIpc) is 3.87. The molecule has 0 saturated heterocycles. The molecular weight excluding hydrogens is 619 g/mol. The fourth-order valence-corrected chi connectivity index (χ4v) is 10.1. The molecule has 240 valence electrons. The smallest absolute Gasteiger partial charge is 0.135 e. The molecule has 2 heteroatoms. The lowest BCUT2D eigenvalue weighted by atomic mass is 9.72. The van der Waals surface area contributed by atoms with E-state index in [1.807, 2.05) is 6.07 Å². The van der Waals surface area contributed by atoms with Crippen LogP contribution in [0.1, 0.15) is 41.7 Å². The zero-order valence-electron chi connectivity index (χ0n) is 28.4. The van der Waals surface area contributed by atoms with Crippen molar-refractivity contribution in [3.63, 3.8) is 0 Å². The molecule has 4 aliphatic carbocycles. The van der Waals surface area contributed by atoms with Crippen LogP contribution >= 0.6 is 0 Å². The predicted octanol–water partition coefficient (Wildman–Crippen LogP) is 12.7. The highest BCUT2D eigenvalue weighted by Crippen LogP contribution is 2.57. The Balaban J connectivity index is 1.04. The van der Waals surface area contributed by atoms with Crippen LogP contribution in [-0.4, -0.2) is 4.57 Å². The van der Waals surface area contributed by atoms with Crippen LogP contribution in [0.25, 0.3) is 77.3 Å². The number of rotatable bonds is 2. The Morgan fingerprint density at radius 2 is 1.29 bits per heavy atom. The number of aromatic nitrogens is 1. The van der Waals surface area contributed by atoms with Gasteiger partial charge in [-0.1, -0.05) is 129 Å². The maximum atomic E-state index is 6.40. The largest absolute Gasteiger partial charge is 0.456 e. The van der Waals surface area contributed by atoms with Crippen LogP contribution in [-0.2, 0) is 5.41 Å².